The Morgan fingerprint density at radius 1 is 1.12 bits per heavy atom. The Kier molecular flexibility index (Phi) is 3.09. The molecule has 17 heavy (non-hydrogen) atoms. The lowest BCUT2D eigenvalue weighted by Gasteiger charge is -2.00. The summed E-state index contributed by atoms with van der Waals surface area (Å²) >= 11 is 0. The van der Waals surface area contributed by atoms with E-state index in [1.165, 1.54) is 12.1 Å². The van der Waals surface area contributed by atoms with Gasteiger partial charge in [-0.25, -0.2) is 4.39 Å². The third-order valence-corrected chi connectivity index (χ3v) is 2.50. The lowest BCUT2D eigenvalue weighted by Crippen LogP contribution is -2.05. The minimum atomic E-state index is -0.293. The van der Waals surface area contributed by atoms with Crippen LogP contribution in [0.3, 0.4) is 0 Å². The summed E-state index contributed by atoms with van der Waals surface area (Å²) in [6, 6.07) is 9.35. The lowest BCUT2D eigenvalue weighted by atomic mass is 10.1. The molecule has 1 aromatic heterocycles. The van der Waals surface area contributed by atoms with Crippen LogP contribution in [0.2, 0.25) is 0 Å². The molecule has 3 heteroatoms. The summed E-state index contributed by atoms with van der Waals surface area (Å²) in [5.41, 5.74) is 0.759. The van der Waals surface area contributed by atoms with E-state index in [1.54, 1.807) is 24.3 Å². The fourth-order valence-corrected chi connectivity index (χ4v) is 1.52. The van der Waals surface area contributed by atoms with Gasteiger partial charge in [0.1, 0.15) is 11.6 Å². The van der Waals surface area contributed by atoms with Gasteiger partial charge in [0.15, 0.2) is 5.76 Å². The van der Waals surface area contributed by atoms with Gasteiger partial charge in [0, 0.05) is 11.5 Å². The van der Waals surface area contributed by atoms with Crippen LogP contribution in [-0.4, -0.2) is 5.78 Å². The molecule has 0 saturated carbocycles. The van der Waals surface area contributed by atoms with Gasteiger partial charge in [0.25, 0.3) is 0 Å². The van der Waals surface area contributed by atoms with Crippen molar-refractivity contribution < 1.29 is 13.6 Å². The van der Waals surface area contributed by atoms with E-state index < -0.39 is 0 Å². The third kappa shape index (κ3) is 2.44. The molecule has 0 N–H and O–H groups in total. The van der Waals surface area contributed by atoms with E-state index in [0.717, 1.165) is 5.56 Å². The molecule has 88 valence electrons. The van der Waals surface area contributed by atoms with E-state index in [-0.39, 0.29) is 17.5 Å². The molecule has 0 aliphatic rings. The van der Waals surface area contributed by atoms with E-state index in [4.69, 9.17) is 4.42 Å². The molecule has 0 bridgehead atoms. The van der Waals surface area contributed by atoms with Gasteiger partial charge in [0.2, 0.25) is 5.78 Å². The molecule has 2 nitrogen and oxygen atoms in total. The first-order valence-corrected chi connectivity index (χ1v) is 5.48. The SMILES string of the molecule is CC(C)C(=O)c1ccc(-c2ccc(F)cc2)o1. The zero-order chi connectivity index (χ0) is 12.4. The number of carbonyl (C=O) groups is 1. The molecule has 0 spiro atoms. The summed E-state index contributed by atoms with van der Waals surface area (Å²) in [6.45, 7) is 3.64. The van der Waals surface area contributed by atoms with Gasteiger partial charge in [-0.2, -0.15) is 0 Å². The first kappa shape index (κ1) is 11.6. The monoisotopic (exact) mass is 232 g/mol. The molecule has 2 aromatic rings. The fourth-order valence-electron chi connectivity index (χ4n) is 1.52. The van der Waals surface area contributed by atoms with Crippen LogP contribution >= 0.6 is 0 Å². The van der Waals surface area contributed by atoms with Crippen molar-refractivity contribution in [3.8, 4) is 11.3 Å². The fraction of sp³-hybridized carbons (Fsp3) is 0.214. The van der Waals surface area contributed by atoms with E-state index in [9.17, 15) is 9.18 Å². The lowest BCUT2D eigenvalue weighted by molar-refractivity contribution is 0.0912. The number of furan rings is 1. The van der Waals surface area contributed by atoms with Gasteiger partial charge in [-0.3, -0.25) is 4.79 Å². The molecule has 1 aromatic carbocycles. The standard InChI is InChI=1S/C14H13FO2/c1-9(2)14(16)13-8-7-12(17-13)10-3-5-11(15)6-4-10/h3-9H,1-2H3. The average molecular weight is 232 g/mol. The van der Waals surface area contributed by atoms with E-state index in [1.807, 2.05) is 13.8 Å². The van der Waals surface area contributed by atoms with Crippen molar-refractivity contribution in [1.82, 2.24) is 0 Å². The van der Waals surface area contributed by atoms with Crippen LogP contribution in [-0.2, 0) is 0 Å². The second-order valence-electron chi connectivity index (χ2n) is 4.19. The van der Waals surface area contributed by atoms with Crippen LogP contribution in [0.5, 0.6) is 0 Å². The van der Waals surface area contributed by atoms with Gasteiger partial charge < -0.3 is 4.42 Å². The van der Waals surface area contributed by atoms with Gasteiger partial charge in [-0.15, -0.1) is 0 Å². The number of ketones is 1. The highest BCUT2D eigenvalue weighted by Crippen LogP contribution is 2.23. The van der Waals surface area contributed by atoms with Crippen LogP contribution < -0.4 is 0 Å². The number of halogens is 1. The molecule has 0 atom stereocenters. The molecule has 0 unspecified atom stereocenters. The van der Waals surface area contributed by atoms with Crippen molar-refractivity contribution in [3.05, 3.63) is 48.0 Å². The number of hydrogen-bond donors (Lipinski definition) is 0. The Morgan fingerprint density at radius 2 is 1.76 bits per heavy atom. The first-order valence-electron chi connectivity index (χ1n) is 5.48. The molecular formula is C14H13FO2. The van der Waals surface area contributed by atoms with Crippen LogP contribution in [0.15, 0.2) is 40.8 Å². The molecule has 0 fully saturated rings. The average Bonchev–Trinajstić information content (AvgIpc) is 2.78. The summed E-state index contributed by atoms with van der Waals surface area (Å²) in [5, 5.41) is 0. The van der Waals surface area contributed by atoms with Crippen LogP contribution in [0.25, 0.3) is 11.3 Å². The highest BCUT2D eigenvalue weighted by molar-refractivity contribution is 5.95. The Bertz CT molecular complexity index is 523. The highest BCUT2D eigenvalue weighted by atomic mass is 19.1. The second kappa shape index (κ2) is 4.53. The van der Waals surface area contributed by atoms with E-state index >= 15 is 0 Å². The predicted molar refractivity (Wildman–Crippen MR) is 63.3 cm³/mol. The Balaban J connectivity index is 2.30. The Morgan fingerprint density at radius 3 is 2.35 bits per heavy atom. The molecular weight excluding hydrogens is 219 g/mol. The number of hydrogen-bond acceptors (Lipinski definition) is 2. The van der Waals surface area contributed by atoms with Crippen molar-refractivity contribution in [2.75, 3.05) is 0 Å². The van der Waals surface area contributed by atoms with Crippen molar-refractivity contribution >= 4 is 5.78 Å². The first-order chi connectivity index (χ1) is 8.08. The number of benzene rings is 1. The number of Topliss-reactive ketones (excluding diaryl/α,β-unsaturated/α-hetero) is 1. The number of carbonyl (C=O) groups excluding carboxylic acids is 1. The largest absolute Gasteiger partial charge is 0.453 e. The zero-order valence-corrected chi connectivity index (χ0v) is 9.74. The van der Waals surface area contributed by atoms with E-state index in [0.29, 0.717) is 11.5 Å². The minimum absolute atomic E-state index is 0.0293. The van der Waals surface area contributed by atoms with Gasteiger partial charge in [-0.1, -0.05) is 13.8 Å². The maximum Gasteiger partial charge on any atom is 0.200 e. The van der Waals surface area contributed by atoms with Crippen molar-refractivity contribution in [2.24, 2.45) is 5.92 Å². The normalized spacial score (nSPS) is 10.8. The molecule has 0 aliphatic carbocycles. The van der Waals surface area contributed by atoms with Crippen LogP contribution in [0.1, 0.15) is 24.4 Å². The Hall–Kier alpha value is -1.90. The second-order valence-corrected chi connectivity index (χ2v) is 4.19. The molecule has 1 heterocycles. The van der Waals surface area contributed by atoms with Crippen molar-refractivity contribution in [1.29, 1.82) is 0 Å². The van der Waals surface area contributed by atoms with Gasteiger partial charge in [0.05, 0.1) is 0 Å². The molecule has 2 rings (SSSR count). The van der Waals surface area contributed by atoms with Gasteiger partial charge >= 0.3 is 0 Å². The quantitative estimate of drug-likeness (QED) is 0.750. The topological polar surface area (TPSA) is 30.2 Å². The van der Waals surface area contributed by atoms with Crippen molar-refractivity contribution in [2.45, 2.75) is 13.8 Å². The molecule has 0 amide bonds. The van der Waals surface area contributed by atoms with E-state index in [2.05, 4.69) is 0 Å². The molecule has 0 aliphatic heterocycles. The third-order valence-electron chi connectivity index (χ3n) is 2.50. The Labute approximate surface area is 99.1 Å². The molecule has 0 radical (unpaired) electrons. The maximum atomic E-state index is 12.8. The van der Waals surface area contributed by atoms with Crippen LogP contribution in [0.4, 0.5) is 4.39 Å². The predicted octanol–water partition coefficient (Wildman–Crippen LogP) is 3.92. The van der Waals surface area contributed by atoms with Crippen molar-refractivity contribution in [3.63, 3.8) is 0 Å². The summed E-state index contributed by atoms with van der Waals surface area (Å²) in [7, 11) is 0. The summed E-state index contributed by atoms with van der Waals surface area (Å²) in [4.78, 5) is 11.7. The van der Waals surface area contributed by atoms with Gasteiger partial charge in [-0.05, 0) is 36.4 Å². The van der Waals surface area contributed by atoms with Crippen LogP contribution in [0, 0.1) is 11.7 Å². The molecule has 0 saturated heterocycles. The summed E-state index contributed by atoms with van der Waals surface area (Å²) in [5.74, 6) is 0.507. The highest BCUT2D eigenvalue weighted by Gasteiger charge is 2.15. The maximum absolute atomic E-state index is 12.8. The number of rotatable bonds is 3. The zero-order valence-electron chi connectivity index (χ0n) is 9.74. The minimum Gasteiger partial charge on any atom is -0.453 e. The summed E-state index contributed by atoms with van der Waals surface area (Å²) in [6.07, 6.45) is 0. The smallest absolute Gasteiger partial charge is 0.200 e. The summed E-state index contributed by atoms with van der Waals surface area (Å²) < 4.78 is 18.2.